The summed E-state index contributed by atoms with van der Waals surface area (Å²) in [5.41, 5.74) is 0.952. The largest absolute Gasteiger partial charge is 0.456 e. The molecule has 2 rings (SSSR count). The van der Waals surface area contributed by atoms with Crippen LogP contribution in [0.25, 0.3) is 0 Å². The number of ether oxygens (including phenoxy) is 1. The van der Waals surface area contributed by atoms with Crippen LogP contribution in [-0.4, -0.2) is 11.5 Å². The van der Waals surface area contributed by atoms with E-state index in [2.05, 4.69) is 24.1 Å². The lowest BCUT2D eigenvalue weighted by atomic mass is 10.2. The Morgan fingerprint density at radius 3 is 2.74 bits per heavy atom. The van der Waals surface area contributed by atoms with E-state index in [1.807, 2.05) is 12.1 Å². The Labute approximate surface area is 112 Å². The number of rotatable bonds is 5. The topological polar surface area (TPSA) is 34.1 Å². The zero-order chi connectivity index (χ0) is 13.7. The van der Waals surface area contributed by atoms with Crippen LogP contribution < -0.4 is 10.1 Å². The molecule has 1 unspecified atom stereocenters. The second-order valence-electron chi connectivity index (χ2n) is 4.26. The Balaban J connectivity index is 2.06. The summed E-state index contributed by atoms with van der Waals surface area (Å²) in [6, 6.07) is 9.98. The summed E-state index contributed by atoms with van der Waals surface area (Å²) in [5, 5.41) is 3.29. The van der Waals surface area contributed by atoms with Crippen LogP contribution in [0.2, 0.25) is 0 Å². The lowest BCUT2D eigenvalue weighted by Gasteiger charge is -2.12. The molecule has 1 N–H and O–H groups in total. The van der Waals surface area contributed by atoms with Crippen LogP contribution >= 0.6 is 0 Å². The fraction of sp³-hybridized carbons (Fsp3) is 0.267. The molecule has 0 fully saturated rings. The van der Waals surface area contributed by atoms with Crippen LogP contribution in [0.3, 0.4) is 0 Å². The van der Waals surface area contributed by atoms with Crippen LogP contribution in [0.15, 0.2) is 42.6 Å². The van der Waals surface area contributed by atoms with E-state index in [4.69, 9.17) is 4.74 Å². The Bertz CT molecular complexity index is 528. The zero-order valence-electron chi connectivity index (χ0n) is 11.1. The highest BCUT2D eigenvalue weighted by molar-refractivity contribution is 5.30. The minimum absolute atomic E-state index is 0.202. The average Bonchev–Trinajstić information content (AvgIpc) is 2.40. The SMILES string of the molecule is CCNC(C)c1ccc(Oc2cccc(F)c2)cn1. The molecule has 19 heavy (non-hydrogen) atoms. The van der Waals surface area contributed by atoms with Gasteiger partial charge in [-0.25, -0.2) is 4.39 Å². The van der Waals surface area contributed by atoms with Crippen molar-refractivity contribution in [2.45, 2.75) is 19.9 Å². The number of hydrogen-bond acceptors (Lipinski definition) is 3. The van der Waals surface area contributed by atoms with E-state index < -0.39 is 0 Å². The fourth-order valence-corrected chi connectivity index (χ4v) is 1.79. The predicted octanol–water partition coefficient (Wildman–Crippen LogP) is 3.68. The molecule has 0 saturated carbocycles. The second kappa shape index (κ2) is 6.29. The lowest BCUT2D eigenvalue weighted by molar-refractivity contribution is 0.472. The van der Waals surface area contributed by atoms with Crippen molar-refractivity contribution in [2.24, 2.45) is 0 Å². The molecule has 0 spiro atoms. The third-order valence-electron chi connectivity index (χ3n) is 2.74. The summed E-state index contributed by atoms with van der Waals surface area (Å²) in [6.07, 6.45) is 1.65. The molecule has 4 heteroatoms. The summed E-state index contributed by atoms with van der Waals surface area (Å²) >= 11 is 0. The lowest BCUT2D eigenvalue weighted by Crippen LogP contribution is -2.18. The van der Waals surface area contributed by atoms with Crippen molar-refractivity contribution in [2.75, 3.05) is 6.54 Å². The Hall–Kier alpha value is -1.94. The number of nitrogens with zero attached hydrogens (tertiary/aromatic N) is 1. The molecule has 0 aliphatic rings. The number of nitrogens with one attached hydrogen (secondary N) is 1. The van der Waals surface area contributed by atoms with Crippen molar-refractivity contribution in [3.05, 3.63) is 54.1 Å². The van der Waals surface area contributed by atoms with Gasteiger partial charge in [0.2, 0.25) is 0 Å². The number of aromatic nitrogens is 1. The van der Waals surface area contributed by atoms with E-state index in [1.54, 1.807) is 18.3 Å². The van der Waals surface area contributed by atoms with Gasteiger partial charge in [0.15, 0.2) is 0 Å². The van der Waals surface area contributed by atoms with Gasteiger partial charge < -0.3 is 10.1 Å². The summed E-state index contributed by atoms with van der Waals surface area (Å²) in [4.78, 5) is 4.33. The monoisotopic (exact) mass is 260 g/mol. The molecule has 2 aromatic rings. The highest BCUT2D eigenvalue weighted by atomic mass is 19.1. The molecular formula is C15H17FN2O. The van der Waals surface area contributed by atoms with E-state index in [-0.39, 0.29) is 11.9 Å². The van der Waals surface area contributed by atoms with E-state index in [1.165, 1.54) is 12.1 Å². The van der Waals surface area contributed by atoms with E-state index >= 15 is 0 Å². The second-order valence-corrected chi connectivity index (χ2v) is 4.26. The number of pyridine rings is 1. The molecule has 0 saturated heterocycles. The number of benzene rings is 1. The van der Waals surface area contributed by atoms with Gasteiger partial charge in [-0.05, 0) is 37.7 Å². The van der Waals surface area contributed by atoms with Crippen molar-refractivity contribution in [1.29, 1.82) is 0 Å². The van der Waals surface area contributed by atoms with Crippen molar-refractivity contribution < 1.29 is 9.13 Å². The molecule has 1 aromatic heterocycles. The summed E-state index contributed by atoms with van der Waals surface area (Å²) in [7, 11) is 0. The Morgan fingerprint density at radius 2 is 2.11 bits per heavy atom. The van der Waals surface area contributed by atoms with Gasteiger partial charge in [-0.15, -0.1) is 0 Å². The molecule has 100 valence electrons. The predicted molar refractivity (Wildman–Crippen MR) is 72.8 cm³/mol. The first-order valence-corrected chi connectivity index (χ1v) is 6.32. The van der Waals surface area contributed by atoms with Crippen molar-refractivity contribution >= 4 is 0 Å². The molecular weight excluding hydrogens is 243 g/mol. The third kappa shape index (κ3) is 3.76. The first-order valence-electron chi connectivity index (χ1n) is 6.32. The van der Waals surface area contributed by atoms with Crippen molar-refractivity contribution in [1.82, 2.24) is 10.3 Å². The van der Waals surface area contributed by atoms with Gasteiger partial charge in [-0.1, -0.05) is 13.0 Å². The van der Waals surface area contributed by atoms with Crippen molar-refractivity contribution in [3.8, 4) is 11.5 Å². The summed E-state index contributed by atoms with van der Waals surface area (Å²) < 4.78 is 18.6. The summed E-state index contributed by atoms with van der Waals surface area (Å²) in [6.45, 7) is 5.00. The fourth-order valence-electron chi connectivity index (χ4n) is 1.79. The minimum Gasteiger partial charge on any atom is -0.456 e. The first-order chi connectivity index (χ1) is 9.19. The molecule has 0 aliphatic carbocycles. The van der Waals surface area contributed by atoms with Gasteiger partial charge in [0.05, 0.1) is 11.9 Å². The Morgan fingerprint density at radius 1 is 1.26 bits per heavy atom. The van der Waals surface area contributed by atoms with Gasteiger partial charge in [0.25, 0.3) is 0 Å². The van der Waals surface area contributed by atoms with Crippen LogP contribution in [0.4, 0.5) is 4.39 Å². The third-order valence-corrected chi connectivity index (χ3v) is 2.74. The Kier molecular flexibility index (Phi) is 4.47. The van der Waals surface area contributed by atoms with Crippen LogP contribution in [0, 0.1) is 5.82 Å². The maximum atomic E-state index is 13.0. The molecule has 0 radical (unpaired) electrons. The number of halogens is 1. The normalized spacial score (nSPS) is 12.2. The zero-order valence-corrected chi connectivity index (χ0v) is 11.1. The van der Waals surface area contributed by atoms with E-state index in [0.29, 0.717) is 11.5 Å². The molecule has 0 aliphatic heterocycles. The molecule has 1 aromatic carbocycles. The first kappa shape index (κ1) is 13.5. The van der Waals surface area contributed by atoms with Crippen LogP contribution in [0.5, 0.6) is 11.5 Å². The van der Waals surface area contributed by atoms with Gasteiger partial charge >= 0.3 is 0 Å². The summed E-state index contributed by atoms with van der Waals surface area (Å²) in [5.74, 6) is 0.746. The van der Waals surface area contributed by atoms with Gasteiger partial charge in [0, 0.05) is 12.1 Å². The van der Waals surface area contributed by atoms with Gasteiger partial charge in [0.1, 0.15) is 17.3 Å². The standard InChI is InChI=1S/C15H17FN2O/c1-3-17-11(2)15-8-7-14(10-18-15)19-13-6-4-5-12(16)9-13/h4-11,17H,3H2,1-2H3. The molecule has 0 bridgehead atoms. The molecule has 1 atom stereocenters. The van der Waals surface area contributed by atoms with Crippen LogP contribution in [-0.2, 0) is 0 Å². The quantitative estimate of drug-likeness (QED) is 0.890. The van der Waals surface area contributed by atoms with E-state index in [0.717, 1.165) is 12.2 Å². The smallest absolute Gasteiger partial charge is 0.145 e. The van der Waals surface area contributed by atoms with Crippen molar-refractivity contribution in [3.63, 3.8) is 0 Å². The maximum absolute atomic E-state index is 13.0. The highest BCUT2D eigenvalue weighted by Gasteiger charge is 2.05. The van der Waals surface area contributed by atoms with Gasteiger partial charge in [-0.3, -0.25) is 4.98 Å². The molecule has 3 nitrogen and oxygen atoms in total. The highest BCUT2D eigenvalue weighted by Crippen LogP contribution is 2.22. The maximum Gasteiger partial charge on any atom is 0.145 e. The van der Waals surface area contributed by atoms with Gasteiger partial charge in [-0.2, -0.15) is 0 Å². The van der Waals surface area contributed by atoms with E-state index in [9.17, 15) is 4.39 Å². The minimum atomic E-state index is -0.317. The van der Waals surface area contributed by atoms with Crippen LogP contribution in [0.1, 0.15) is 25.6 Å². The number of hydrogen-bond donors (Lipinski definition) is 1. The molecule has 1 heterocycles. The molecule has 0 amide bonds. The average molecular weight is 260 g/mol.